The number of carboxylic acids is 1. The van der Waals surface area contributed by atoms with Crippen molar-refractivity contribution in [3.05, 3.63) is 40.6 Å². The Morgan fingerprint density at radius 1 is 1.47 bits per heavy atom. The number of thiophene rings is 1. The summed E-state index contributed by atoms with van der Waals surface area (Å²) in [4.78, 5) is 25.9. The van der Waals surface area contributed by atoms with Gasteiger partial charge in [0.15, 0.2) is 5.69 Å². The van der Waals surface area contributed by atoms with Gasteiger partial charge in [-0.15, -0.1) is 0 Å². The molecular weight excluding hydrogens is 266 g/mol. The van der Waals surface area contributed by atoms with E-state index in [-0.39, 0.29) is 11.6 Å². The molecule has 0 aliphatic heterocycles. The van der Waals surface area contributed by atoms with Crippen molar-refractivity contribution in [2.24, 2.45) is 0 Å². The van der Waals surface area contributed by atoms with Crippen LogP contribution in [0, 0.1) is 0 Å². The molecule has 0 aliphatic rings. The van der Waals surface area contributed by atoms with E-state index < -0.39 is 5.97 Å². The lowest BCUT2D eigenvalue weighted by Gasteiger charge is -2.04. The second-order valence-corrected chi connectivity index (χ2v) is 4.74. The molecule has 0 aromatic carbocycles. The summed E-state index contributed by atoms with van der Waals surface area (Å²) in [5.41, 5.74) is 1.00. The van der Waals surface area contributed by atoms with Crippen LogP contribution in [-0.2, 0) is 17.8 Å². The number of aromatic carboxylic acids is 1. The standard InChI is InChI=1S/C12H13N3O3S/c16-11(5-9-1-4-19-7-9)13-2-3-15-6-10(12(17)18)14-8-15/h1,4,6-8H,2-3,5H2,(H,13,16)(H,17,18). The molecule has 0 fully saturated rings. The summed E-state index contributed by atoms with van der Waals surface area (Å²) in [6, 6.07) is 1.92. The molecule has 0 bridgehead atoms. The average Bonchev–Trinajstić information content (AvgIpc) is 3.00. The van der Waals surface area contributed by atoms with Gasteiger partial charge < -0.3 is 15.0 Å². The van der Waals surface area contributed by atoms with Gasteiger partial charge in [-0.25, -0.2) is 9.78 Å². The van der Waals surface area contributed by atoms with E-state index in [0.717, 1.165) is 5.56 Å². The van der Waals surface area contributed by atoms with Crippen molar-refractivity contribution in [1.82, 2.24) is 14.9 Å². The van der Waals surface area contributed by atoms with E-state index >= 15 is 0 Å². The van der Waals surface area contributed by atoms with E-state index in [0.29, 0.717) is 19.5 Å². The summed E-state index contributed by atoms with van der Waals surface area (Å²) in [6.45, 7) is 0.939. The third kappa shape index (κ3) is 3.92. The smallest absolute Gasteiger partial charge is 0.356 e. The number of hydrogen-bond donors (Lipinski definition) is 2. The number of carbonyl (C=O) groups is 2. The number of aromatic nitrogens is 2. The van der Waals surface area contributed by atoms with Crippen LogP contribution in [0.1, 0.15) is 16.1 Å². The molecular formula is C12H13N3O3S. The summed E-state index contributed by atoms with van der Waals surface area (Å²) in [7, 11) is 0. The fourth-order valence-electron chi connectivity index (χ4n) is 1.56. The molecule has 0 unspecified atom stereocenters. The first kappa shape index (κ1) is 13.3. The Bertz CT molecular complexity index is 563. The number of nitrogens with zero attached hydrogens (tertiary/aromatic N) is 2. The molecule has 2 aromatic heterocycles. The molecule has 6 nitrogen and oxygen atoms in total. The van der Waals surface area contributed by atoms with E-state index in [4.69, 9.17) is 5.11 Å². The van der Waals surface area contributed by atoms with Gasteiger partial charge in [0, 0.05) is 19.3 Å². The highest BCUT2D eigenvalue weighted by atomic mass is 32.1. The minimum Gasteiger partial charge on any atom is -0.476 e. The van der Waals surface area contributed by atoms with Crippen LogP contribution in [0.5, 0.6) is 0 Å². The monoisotopic (exact) mass is 279 g/mol. The van der Waals surface area contributed by atoms with Gasteiger partial charge in [0.1, 0.15) is 0 Å². The normalized spacial score (nSPS) is 10.3. The van der Waals surface area contributed by atoms with Crippen molar-refractivity contribution in [1.29, 1.82) is 0 Å². The zero-order valence-corrected chi connectivity index (χ0v) is 10.9. The summed E-state index contributed by atoms with van der Waals surface area (Å²) in [5.74, 6) is -1.10. The molecule has 0 aliphatic carbocycles. The Morgan fingerprint density at radius 3 is 2.95 bits per heavy atom. The van der Waals surface area contributed by atoms with Crippen molar-refractivity contribution in [2.45, 2.75) is 13.0 Å². The topological polar surface area (TPSA) is 84.2 Å². The van der Waals surface area contributed by atoms with E-state index in [2.05, 4.69) is 10.3 Å². The van der Waals surface area contributed by atoms with Gasteiger partial charge in [0.2, 0.25) is 5.91 Å². The molecule has 0 radical (unpaired) electrons. The van der Waals surface area contributed by atoms with Gasteiger partial charge in [-0.2, -0.15) is 11.3 Å². The zero-order chi connectivity index (χ0) is 13.7. The van der Waals surface area contributed by atoms with Gasteiger partial charge >= 0.3 is 5.97 Å². The fourth-order valence-corrected chi connectivity index (χ4v) is 2.23. The number of carboxylic acid groups (broad SMARTS) is 1. The summed E-state index contributed by atoms with van der Waals surface area (Å²) in [6.07, 6.45) is 3.25. The predicted octanol–water partition coefficient (Wildman–Crippen LogP) is 1.00. The largest absolute Gasteiger partial charge is 0.476 e. The number of hydrogen-bond acceptors (Lipinski definition) is 4. The summed E-state index contributed by atoms with van der Waals surface area (Å²) >= 11 is 1.56. The Morgan fingerprint density at radius 2 is 2.32 bits per heavy atom. The van der Waals surface area contributed by atoms with Crippen LogP contribution in [0.4, 0.5) is 0 Å². The van der Waals surface area contributed by atoms with Crippen LogP contribution in [-0.4, -0.2) is 33.1 Å². The van der Waals surface area contributed by atoms with E-state index in [1.807, 2.05) is 16.8 Å². The van der Waals surface area contributed by atoms with Gasteiger partial charge in [-0.3, -0.25) is 4.79 Å². The van der Waals surface area contributed by atoms with E-state index in [1.165, 1.54) is 12.5 Å². The Balaban J connectivity index is 1.73. The second-order valence-electron chi connectivity index (χ2n) is 3.96. The van der Waals surface area contributed by atoms with Crippen molar-refractivity contribution in [3.63, 3.8) is 0 Å². The molecule has 2 rings (SSSR count). The maximum absolute atomic E-state index is 11.6. The summed E-state index contributed by atoms with van der Waals surface area (Å²) < 4.78 is 1.63. The quantitative estimate of drug-likeness (QED) is 0.826. The minimum atomic E-state index is -1.06. The molecule has 2 aromatic rings. The highest BCUT2D eigenvalue weighted by Crippen LogP contribution is 2.06. The molecule has 7 heteroatoms. The lowest BCUT2D eigenvalue weighted by Crippen LogP contribution is -2.28. The first-order valence-corrected chi connectivity index (χ1v) is 6.62. The Labute approximate surface area is 113 Å². The fraction of sp³-hybridized carbons (Fsp3) is 0.250. The average molecular weight is 279 g/mol. The van der Waals surface area contributed by atoms with Crippen molar-refractivity contribution in [3.8, 4) is 0 Å². The Kier molecular flexibility index (Phi) is 4.30. The SMILES string of the molecule is O=C(Cc1ccsc1)NCCn1cnc(C(=O)O)c1. The predicted molar refractivity (Wildman–Crippen MR) is 70.2 cm³/mol. The lowest BCUT2D eigenvalue weighted by atomic mass is 10.2. The third-order valence-electron chi connectivity index (χ3n) is 2.49. The molecule has 0 saturated heterocycles. The number of nitrogens with one attached hydrogen (secondary N) is 1. The molecule has 0 saturated carbocycles. The van der Waals surface area contributed by atoms with Gasteiger partial charge in [-0.05, 0) is 22.4 Å². The number of carbonyl (C=O) groups excluding carboxylic acids is 1. The first-order chi connectivity index (χ1) is 9.15. The van der Waals surface area contributed by atoms with Crippen LogP contribution in [0.2, 0.25) is 0 Å². The maximum Gasteiger partial charge on any atom is 0.356 e. The van der Waals surface area contributed by atoms with Crippen LogP contribution < -0.4 is 5.32 Å². The van der Waals surface area contributed by atoms with Gasteiger partial charge in [-0.1, -0.05) is 0 Å². The Hall–Kier alpha value is -2.15. The number of imidazole rings is 1. The van der Waals surface area contributed by atoms with E-state index in [9.17, 15) is 9.59 Å². The lowest BCUT2D eigenvalue weighted by molar-refractivity contribution is -0.120. The van der Waals surface area contributed by atoms with Crippen LogP contribution in [0.3, 0.4) is 0 Å². The van der Waals surface area contributed by atoms with Crippen LogP contribution >= 0.6 is 11.3 Å². The minimum absolute atomic E-state index is 0.00426. The first-order valence-electron chi connectivity index (χ1n) is 5.68. The highest BCUT2D eigenvalue weighted by Gasteiger charge is 2.07. The van der Waals surface area contributed by atoms with Crippen molar-refractivity contribution in [2.75, 3.05) is 6.54 Å². The second kappa shape index (κ2) is 6.14. The van der Waals surface area contributed by atoms with Crippen molar-refractivity contribution < 1.29 is 14.7 Å². The molecule has 1 amide bonds. The maximum atomic E-state index is 11.6. The van der Waals surface area contributed by atoms with Crippen LogP contribution in [0.15, 0.2) is 29.4 Å². The van der Waals surface area contributed by atoms with Crippen molar-refractivity contribution >= 4 is 23.2 Å². The highest BCUT2D eigenvalue weighted by molar-refractivity contribution is 7.07. The zero-order valence-electron chi connectivity index (χ0n) is 10.1. The third-order valence-corrected chi connectivity index (χ3v) is 3.22. The molecule has 0 atom stereocenters. The van der Waals surface area contributed by atoms with Crippen LogP contribution in [0.25, 0.3) is 0 Å². The molecule has 100 valence electrons. The van der Waals surface area contributed by atoms with Gasteiger partial charge in [0.25, 0.3) is 0 Å². The number of amides is 1. The van der Waals surface area contributed by atoms with E-state index in [1.54, 1.807) is 15.9 Å². The number of rotatable bonds is 6. The molecule has 2 heterocycles. The molecule has 19 heavy (non-hydrogen) atoms. The van der Waals surface area contributed by atoms with Gasteiger partial charge in [0.05, 0.1) is 12.7 Å². The molecule has 0 spiro atoms. The summed E-state index contributed by atoms with van der Waals surface area (Å²) in [5, 5.41) is 15.4. The molecule has 2 N–H and O–H groups in total.